The van der Waals surface area contributed by atoms with Crippen molar-refractivity contribution >= 4 is 5.97 Å². The van der Waals surface area contributed by atoms with E-state index in [1.807, 2.05) is 6.92 Å². The molecule has 0 unspecified atom stereocenters. The van der Waals surface area contributed by atoms with Gasteiger partial charge in [-0.25, -0.2) is 9.18 Å². The van der Waals surface area contributed by atoms with E-state index >= 15 is 0 Å². The first-order valence-electron chi connectivity index (χ1n) is 5.66. The summed E-state index contributed by atoms with van der Waals surface area (Å²) in [6, 6.07) is 4.41. The SMILES string of the molecule is CCCOCCOC(=O)c1ccc(C)cc1F. The number of rotatable bonds is 6. The van der Waals surface area contributed by atoms with E-state index in [1.165, 1.54) is 12.1 Å². The molecule has 0 heterocycles. The van der Waals surface area contributed by atoms with E-state index in [1.54, 1.807) is 13.0 Å². The highest BCUT2D eigenvalue weighted by Crippen LogP contribution is 2.10. The lowest BCUT2D eigenvalue weighted by molar-refractivity contribution is 0.0314. The summed E-state index contributed by atoms with van der Waals surface area (Å²) in [4.78, 5) is 11.5. The van der Waals surface area contributed by atoms with Crippen molar-refractivity contribution in [2.24, 2.45) is 0 Å². The predicted molar refractivity (Wildman–Crippen MR) is 62.5 cm³/mol. The number of hydrogen-bond donors (Lipinski definition) is 0. The fourth-order valence-corrected chi connectivity index (χ4v) is 1.30. The van der Waals surface area contributed by atoms with Crippen LogP contribution in [0, 0.1) is 12.7 Å². The molecule has 94 valence electrons. The van der Waals surface area contributed by atoms with Gasteiger partial charge < -0.3 is 9.47 Å². The molecule has 0 bridgehead atoms. The van der Waals surface area contributed by atoms with Crippen LogP contribution in [0.3, 0.4) is 0 Å². The highest BCUT2D eigenvalue weighted by Gasteiger charge is 2.12. The number of esters is 1. The van der Waals surface area contributed by atoms with E-state index in [4.69, 9.17) is 9.47 Å². The standard InChI is InChI=1S/C13H17FO3/c1-3-6-16-7-8-17-13(15)11-5-4-10(2)9-12(11)14/h4-5,9H,3,6-8H2,1-2H3. The molecule has 1 rings (SSSR count). The third kappa shape index (κ3) is 4.53. The minimum absolute atomic E-state index is 0.0360. The number of halogens is 1. The Morgan fingerprint density at radius 1 is 1.29 bits per heavy atom. The predicted octanol–water partition coefficient (Wildman–Crippen LogP) is 2.72. The maximum Gasteiger partial charge on any atom is 0.341 e. The van der Waals surface area contributed by atoms with E-state index in [0.717, 1.165) is 12.0 Å². The number of aryl methyl sites for hydroxylation is 1. The highest BCUT2D eigenvalue weighted by atomic mass is 19.1. The van der Waals surface area contributed by atoms with Crippen LogP contribution in [0.4, 0.5) is 4.39 Å². The number of ether oxygens (including phenoxy) is 2. The van der Waals surface area contributed by atoms with Crippen LogP contribution in [0.5, 0.6) is 0 Å². The van der Waals surface area contributed by atoms with Gasteiger partial charge in [-0.1, -0.05) is 13.0 Å². The Morgan fingerprint density at radius 2 is 2.06 bits per heavy atom. The van der Waals surface area contributed by atoms with Gasteiger partial charge >= 0.3 is 5.97 Å². The van der Waals surface area contributed by atoms with E-state index in [0.29, 0.717) is 13.2 Å². The van der Waals surface area contributed by atoms with Gasteiger partial charge in [0.1, 0.15) is 12.4 Å². The van der Waals surface area contributed by atoms with Crippen molar-refractivity contribution in [3.05, 3.63) is 35.1 Å². The summed E-state index contributed by atoms with van der Waals surface area (Å²) in [5.74, 6) is -1.20. The molecule has 0 spiro atoms. The molecule has 3 nitrogen and oxygen atoms in total. The summed E-state index contributed by atoms with van der Waals surface area (Å²) in [6.45, 7) is 4.88. The number of hydrogen-bond acceptors (Lipinski definition) is 3. The summed E-state index contributed by atoms with van der Waals surface area (Å²) in [5.41, 5.74) is 0.733. The van der Waals surface area contributed by atoms with Crippen LogP contribution in [-0.4, -0.2) is 25.8 Å². The molecule has 1 aromatic carbocycles. The van der Waals surface area contributed by atoms with Crippen molar-refractivity contribution < 1.29 is 18.7 Å². The lowest BCUT2D eigenvalue weighted by atomic mass is 10.1. The third-order valence-corrected chi connectivity index (χ3v) is 2.15. The molecule has 0 saturated heterocycles. The molecular formula is C13H17FO3. The Balaban J connectivity index is 2.42. The van der Waals surface area contributed by atoms with E-state index < -0.39 is 11.8 Å². The van der Waals surface area contributed by atoms with Gasteiger partial charge in [0.25, 0.3) is 0 Å². The monoisotopic (exact) mass is 240 g/mol. The Morgan fingerprint density at radius 3 is 2.71 bits per heavy atom. The van der Waals surface area contributed by atoms with Crippen LogP contribution in [0.1, 0.15) is 29.3 Å². The third-order valence-electron chi connectivity index (χ3n) is 2.15. The van der Waals surface area contributed by atoms with Crippen molar-refractivity contribution in [1.82, 2.24) is 0 Å². The van der Waals surface area contributed by atoms with Crippen molar-refractivity contribution in [1.29, 1.82) is 0 Å². The highest BCUT2D eigenvalue weighted by molar-refractivity contribution is 5.89. The average Bonchev–Trinajstić information content (AvgIpc) is 2.28. The van der Waals surface area contributed by atoms with Gasteiger partial charge in [0, 0.05) is 6.61 Å². The number of carbonyl (C=O) groups excluding carboxylic acids is 1. The molecule has 0 fully saturated rings. The second-order valence-corrected chi connectivity index (χ2v) is 3.73. The summed E-state index contributed by atoms with van der Waals surface area (Å²) >= 11 is 0. The van der Waals surface area contributed by atoms with E-state index in [9.17, 15) is 9.18 Å². The Hall–Kier alpha value is -1.42. The zero-order valence-electron chi connectivity index (χ0n) is 10.2. The van der Waals surface area contributed by atoms with Crippen LogP contribution in [-0.2, 0) is 9.47 Å². The normalized spacial score (nSPS) is 10.3. The maximum atomic E-state index is 13.4. The molecule has 0 atom stereocenters. The summed E-state index contributed by atoms with van der Waals surface area (Å²) < 4.78 is 23.4. The zero-order valence-corrected chi connectivity index (χ0v) is 10.2. The van der Waals surface area contributed by atoms with E-state index in [2.05, 4.69) is 0 Å². The maximum absolute atomic E-state index is 13.4. The lowest BCUT2D eigenvalue weighted by Crippen LogP contribution is -2.12. The topological polar surface area (TPSA) is 35.5 Å². The van der Waals surface area contributed by atoms with Crippen molar-refractivity contribution in [2.45, 2.75) is 20.3 Å². The van der Waals surface area contributed by atoms with Gasteiger partial charge in [0.15, 0.2) is 0 Å². The van der Waals surface area contributed by atoms with Crippen LogP contribution in [0.25, 0.3) is 0 Å². The number of carbonyl (C=O) groups is 1. The largest absolute Gasteiger partial charge is 0.460 e. The lowest BCUT2D eigenvalue weighted by Gasteiger charge is -2.06. The first-order chi connectivity index (χ1) is 8.15. The van der Waals surface area contributed by atoms with Crippen LogP contribution in [0.15, 0.2) is 18.2 Å². The van der Waals surface area contributed by atoms with Gasteiger partial charge in [0.2, 0.25) is 0 Å². The molecule has 0 aliphatic heterocycles. The molecule has 17 heavy (non-hydrogen) atoms. The van der Waals surface area contributed by atoms with E-state index in [-0.39, 0.29) is 12.2 Å². The Labute approximate surface area is 101 Å². The fraction of sp³-hybridized carbons (Fsp3) is 0.462. The minimum Gasteiger partial charge on any atom is -0.460 e. The molecule has 0 N–H and O–H groups in total. The Bertz CT molecular complexity index is 377. The first-order valence-corrected chi connectivity index (χ1v) is 5.66. The zero-order chi connectivity index (χ0) is 12.7. The molecule has 0 saturated carbocycles. The molecular weight excluding hydrogens is 223 g/mol. The summed E-state index contributed by atoms with van der Waals surface area (Å²) in [5, 5.41) is 0. The van der Waals surface area contributed by atoms with Gasteiger partial charge in [-0.3, -0.25) is 0 Å². The van der Waals surface area contributed by atoms with Gasteiger partial charge in [-0.15, -0.1) is 0 Å². The van der Waals surface area contributed by atoms with Crippen LogP contribution in [0.2, 0.25) is 0 Å². The fourth-order valence-electron chi connectivity index (χ4n) is 1.30. The molecule has 1 aromatic rings. The molecule has 0 aliphatic rings. The summed E-state index contributed by atoms with van der Waals surface area (Å²) in [7, 11) is 0. The second-order valence-electron chi connectivity index (χ2n) is 3.73. The smallest absolute Gasteiger partial charge is 0.341 e. The van der Waals surface area contributed by atoms with Crippen molar-refractivity contribution in [2.75, 3.05) is 19.8 Å². The quantitative estimate of drug-likeness (QED) is 0.566. The molecule has 0 aromatic heterocycles. The summed E-state index contributed by atoms with van der Waals surface area (Å²) in [6.07, 6.45) is 0.917. The van der Waals surface area contributed by atoms with Gasteiger partial charge in [-0.05, 0) is 31.0 Å². The van der Waals surface area contributed by atoms with Crippen molar-refractivity contribution in [3.63, 3.8) is 0 Å². The van der Waals surface area contributed by atoms with Crippen molar-refractivity contribution in [3.8, 4) is 0 Å². The molecule has 0 radical (unpaired) electrons. The van der Waals surface area contributed by atoms with Gasteiger partial charge in [-0.2, -0.15) is 0 Å². The molecule has 0 aliphatic carbocycles. The Kier molecular flexibility index (Phi) is 5.63. The second kappa shape index (κ2) is 7.01. The first kappa shape index (κ1) is 13.6. The average molecular weight is 240 g/mol. The molecule has 4 heteroatoms. The van der Waals surface area contributed by atoms with Crippen LogP contribution >= 0.6 is 0 Å². The molecule has 0 amide bonds. The van der Waals surface area contributed by atoms with Gasteiger partial charge in [0.05, 0.1) is 12.2 Å². The minimum atomic E-state index is -0.650. The number of benzene rings is 1. The van der Waals surface area contributed by atoms with Crippen LogP contribution < -0.4 is 0 Å².